The molecular weight excluding hydrogens is 234 g/mol. The summed E-state index contributed by atoms with van der Waals surface area (Å²) < 4.78 is 0. The van der Waals surface area contributed by atoms with E-state index in [1.54, 1.807) is 0 Å². The summed E-state index contributed by atoms with van der Waals surface area (Å²) in [7, 11) is 0. The van der Waals surface area contributed by atoms with Gasteiger partial charge in [-0.2, -0.15) is 5.10 Å². The first-order chi connectivity index (χ1) is 9.36. The zero-order valence-corrected chi connectivity index (χ0v) is 11.4. The summed E-state index contributed by atoms with van der Waals surface area (Å²) in [6, 6.07) is 10.5. The van der Waals surface area contributed by atoms with Crippen LogP contribution >= 0.6 is 0 Å². The molecule has 1 unspecified atom stereocenters. The molecule has 0 saturated carbocycles. The van der Waals surface area contributed by atoms with Crippen LogP contribution in [-0.2, 0) is 0 Å². The predicted octanol–water partition coefficient (Wildman–Crippen LogP) is 3.18. The average molecular weight is 255 g/mol. The summed E-state index contributed by atoms with van der Waals surface area (Å²) in [6.45, 7) is 4.63. The third-order valence-corrected chi connectivity index (χ3v) is 4.31. The summed E-state index contributed by atoms with van der Waals surface area (Å²) in [5.41, 5.74) is 3.78. The Kier molecular flexibility index (Phi) is 3.65. The quantitative estimate of drug-likeness (QED) is 0.884. The molecule has 3 rings (SSSR count). The maximum Gasteiger partial charge on any atom is 0.0684 e. The second-order valence-electron chi connectivity index (χ2n) is 5.44. The zero-order valence-electron chi connectivity index (χ0n) is 11.4. The Morgan fingerprint density at radius 1 is 1.16 bits per heavy atom. The normalized spacial score (nSPS) is 18.4. The van der Waals surface area contributed by atoms with Crippen LogP contribution in [0.1, 0.15) is 31.2 Å². The van der Waals surface area contributed by atoms with Gasteiger partial charge in [0, 0.05) is 5.56 Å². The van der Waals surface area contributed by atoms with E-state index in [0.29, 0.717) is 5.92 Å². The number of piperidine rings is 1. The van der Waals surface area contributed by atoms with Gasteiger partial charge in [-0.1, -0.05) is 37.3 Å². The molecule has 0 amide bonds. The van der Waals surface area contributed by atoms with Crippen molar-refractivity contribution in [1.82, 2.24) is 15.5 Å². The van der Waals surface area contributed by atoms with E-state index in [4.69, 9.17) is 0 Å². The average Bonchev–Trinajstić information content (AvgIpc) is 2.98. The van der Waals surface area contributed by atoms with Crippen LogP contribution in [0.25, 0.3) is 11.3 Å². The summed E-state index contributed by atoms with van der Waals surface area (Å²) in [5.74, 6) is 1.33. The number of hydrogen-bond acceptors (Lipinski definition) is 2. The summed E-state index contributed by atoms with van der Waals surface area (Å²) >= 11 is 0. The number of nitrogens with one attached hydrogen (secondary N) is 2. The summed E-state index contributed by atoms with van der Waals surface area (Å²) in [6.07, 6.45) is 4.54. The van der Waals surface area contributed by atoms with Crippen LogP contribution in [0.5, 0.6) is 0 Å². The van der Waals surface area contributed by atoms with E-state index in [-0.39, 0.29) is 0 Å². The van der Waals surface area contributed by atoms with Gasteiger partial charge in [0.05, 0.1) is 11.9 Å². The molecule has 0 radical (unpaired) electrons. The fraction of sp³-hybridized carbons (Fsp3) is 0.438. The maximum absolute atomic E-state index is 4.27. The van der Waals surface area contributed by atoms with Crippen LogP contribution in [0.3, 0.4) is 0 Å². The highest BCUT2D eigenvalue weighted by Gasteiger charge is 2.24. The minimum atomic E-state index is 0.566. The molecule has 100 valence electrons. The molecule has 2 N–H and O–H groups in total. The minimum absolute atomic E-state index is 0.566. The van der Waals surface area contributed by atoms with E-state index >= 15 is 0 Å². The molecule has 2 heterocycles. The minimum Gasteiger partial charge on any atom is -0.317 e. The molecule has 1 saturated heterocycles. The van der Waals surface area contributed by atoms with Crippen molar-refractivity contribution in [2.75, 3.05) is 13.1 Å². The van der Waals surface area contributed by atoms with Crippen molar-refractivity contribution in [1.29, 1.82) is 0 Å². The molecule has 1 aliphatic rings. The van der Waals surface area contributed by atoms with Crippen LogP contribution in [-0.4, -0.2) is 23.3 Å². The third kappa shape index (κ3) is 2.56. The van der Waals surface area contributed by atoms with E-state index in [0.717, 1.165) is 19.0 Å². The van der Waals surface area contributed by atoms with Crippen molar-refractivity contribution in [3.63, 3.8) is 0 Å². The molecule has 0 aliphatic carbocycles. The fourth-order valence-corrected chi connectivity index (χ4v) is 3.07. The molecule has 2 aromatic rings. The molecule has 3 nitrogen and oxygen atoms in total. The van der Waals surface area contributed by atoms with E-state index in [2.05, 4.69) is 52.8 Å². The SMILES string of the molecule is CC(c1cn[nH]c1-c1ccccc1)C1CCNCC1. The van der Waals surface area contributed by atoms with Crippen molar-refractivity contribution in [3.8, 4) is 11.3 Å². The fourth-order valence-electron chi connectivity index (χ4n) is 3.07. The number of rotatable bonds is 3. The molecule has 3 heteroatoms. The van der Waals surface area contributed by atoms with Gasteiger partial charge in [0.2, 0.25) is 0 Å². The summed E-state index contributed by atoms with van der Waals surface area (Å²) in [4.78, 5) is 0. The number of hydrogen-bond donors (Lipinski definition) is 2. The highest BCUT2D eigenvalue weighted by molar-refractivity contribution is 5.63. The first kappa shape index (κ1) is 12.4. The van der Waals surface area contributed by atoms with Gasteiger partial charge in [0.1, 0.15) is 0 Å². The standard InChI is InChI=1S/C16H21N3/c1-12(13-7-9-17-10-8-13)15-11-18-19-16(15)14-5-3-2-4-6-14/h2-6,11-13,17H,7-10H2,1H3,(H,18,19). The largest absolute Gasteiger partial charge is 0.317 e. The molecule has 1 aliphatic heterocycles. The van der Waals surface area contributed by atoms with Gasteiger partial charge in [-0.15, -0.1) is 0 Å². The van der Waals surface area contributed by atoms with Gasteiger partial charge in [-0.25, -0.2) is 0 Å². The predicted molar refractivity (Wildman–Crippen MR) is 78.0 cm³/mol. The molecule has 1 atom stereocenters. The smallest absolute Gasteiger partial charge is 0.0684 e. The number of aromatic nitrogens is 2. The van der Waals surface area contributed by atoms with Crippen LogP contribution < -0.4 is 5.32 Å². The van der Waals surface area contributed by atoms with Gasteiger partial charge < -0.3 is 5.32 Å². The number of H-pyrrole nitrogens is 1. The maximum atomic E-state index is 4.27. The van der Waals surface area contributed by atoms with E-state index in [1.165, 1.54) is 29.7 Å². The molecule has 19 heavy (non-hydrogen) atoms. The van der Waals surface area contributed by atoms with Crippen LogP contribution in [0, 0.1) is 5.92 Å². The van der Waals surface area contributed by atoms with Gasteiger partial charge in [-0.3, -0.25) is 5.10 Å². The monoisotopic (exact) mass is 255 g/mol. The lowest BCUT2D eigenvalue weighted by molar-refractivity contribution is 0.331. The highest BCUT2D eigenvalue weighted by atomic mass is 15.1. The molecule has 0 spiro atoms. The van der Waals surface area contributed by atoms with Crippen LogP contribution in [0.15, 0.2) is 36.5 Å². The van der Waals surface area contributed by atoms with Gasteiger partial charge >= 0.3 is 0 Å². The topological polar surface area (TPSA) is 40.7 Å². The molecular formula is C16H21N3. The lowest BCUT2D eigenvalue weighted by Gasteiger charge is -2.28. The van der Waals surface area contributed by atoms with Gasteiger partial charge in [0.15, 0.2) is 0 Å². The van der Waals surface area contributed by atoms with Crippen LogP contribution in [0.4, 0.5) is 0 Å². The van der Waals surface area contributed by atoms with Crippen molar-refractivity contribution < 1.29 is 0 Å². The zero-order chi connectivity index (χ0) is 13.1. The van der Waals surface area contributed by atoms with Crippen molar-refractivity contribution in [2.24, 2.45) is 5.92 Å². The van der Waals surface area contributed by atoms with Crippen molar-refractivity contribution in [2.45, 2.75) is 25.7 Å². The lowest BCUT2D eigenvalue weighted by Crippen LogP contribution is -2.30. The third-order valence-electron chi connectivity index (χ3n) is 4.31. The van der Waals surface area contributed by atoms with Gasteiger partial charge in [-0.05, 0) is 43.3 Å². The first-order valence-electron chi connectivity index (χ1n) is 7.15. The van der Waals surface area contributed by atoms with Crippen LogP contribution in [0.2, 0.25) is 0 Å². The number of nitrogens with zero attached hydrogens (tertiary/aromatic N) is 1. The first-order valence-corrected chi connectivity index (χ1v) is 7.15. The van der Waals surface area contributed by atoms with Crippen molar-refractivity contribution >= 4 is 0 Å². The Balaban J connectivity index is 1.87. The number of aromatic amines is 1. The Bertz CT molecular complexity index is 512. The van der Waals surface area contributed by atoms with Gasteiger partial charge in [0.25, 0.3) is 0 Å². The Morgan fingerprint density at radius 2 is 1.89 bits per heavy atom. The second-order valence-corrected chi connectivity index (χ2v) is 5.44. The molecule has 1 aromatic heterocycles. The van der Waals surface area contributed by atoms with E-state index in [1.807, 2.05) is 6.20 Å². The molecule has 1 fully saturated rings. The highest BCUT2D eigenvalue weighted by Crippen LogP contribution is 2.35. The summed E-state index contributed by atoms with van der Waals surface area (Å²) in [5, 5.41) is 10.9. The lowest BCUT2D eigenvalue weighted by atomic mass is 9.81. The Labute approximate surface area is 114 Å². The van der Waals surface area contributed by atoms with E-state index < -0.39 is 0 Å². The molecule has 0 bridgehead atoms. The Morgan fingerprint density at radius 3 is 2.63 bits per heavy atom. The van der Waals surface area contributed by atoms with E-state index in [9.17, 15) is 0 Å². The molecule has 1 aromatic carbocycles. The van der Waals surface area contributed by atoms with Crippen molar-refractivity contribution in [3.05, 3.63) is 42.1 Å². The Hall–Kier alpha value is -1.61. The second kappa shape index (κ2) is 5.57. The number of benzene rings is 1.